The minimum Gasteiger partial charge on any atom is -0.310 e. The average Bonchev–Trinajstić information content (AvgIpc) is 3.69. The quantitative estimate of drug-likeness (QED) is 0.103. The smallest absolute Gasteiger partial charge is 0.0714 e. The number of anilines is 3. The fourth-order valence-corrected chi connectivity index (χ4v) is 12.5. The van der Waals surface area contributed by atoms with Gasteiger partial charge in [0.15, 0.2) is 0 Å². The Bertz CT molecular complexity index is 3490. The zero-order chi connectivity index (χ0) is 45.9. The molecule has 0 heterocycles. The normalized spacial score (nSPS) is 16.6. The summed E-state index contributed by atoms with van der Waals surface area (Å²) in [6.07, 6.45) is 6.32. The maximum absolute atomic E-state index is 2.58. The Kier molecular flexibility index (Phi) is 10.5. The van der Waals surface area contributed by atoms with Crippen LogP contribution in [0, 0.1) is 18.8 Å². The number of benzene rings is 10. The second-order valence-electron chi connectivity index (χ2n) is 19.7. The number of aryl methyl sites for hydroxylation is 1. The van der Waals surface area contributed by atoms with E-state index in [2.05, 4.69) is 251 Å². The highest BCUT2D eigenvalue weighted by Crippen LogP contribution is 2.57. The van der Waals surface area contributed by atoms with Crippen LogP contribution in [0.5, 0.6) is 0 Å². The maximum Gasteiger partial charge on any atom is 0.0714 e. The third-order valence-corrected chi connectivity index (χ3v) is 15.7. The van der Waals surface area contributed by atoms with E-state index >= 15 is 0 Å². The molecule has 0 bridgehead atoms. The second-order valence-corrected chi connectivity index (χ2v) is 19.7. The Labute approximate surface area is 402 Å². The lowest BCUT2D eigenvalue weighted by Gasteiger charge is -2.35. The lowest BCUT2D eigenvalue weighted by atomic mass is 9.67. The fraction of sp³-hybridized carbons (Fsp3) is 0.164. The third-order valence-electron chi connectivity index (χ3n) is 15.7. The van der Waals surface area contributed by atoms with Crippen molar-refractivity contribution in [2.75, 3.05) is 4.90 Å². The van der Waals surface area contributed by atoms with Crippen LogP contribution >= 0.6 is 0 Å². The van der Waals surface area contributed by atoms with Gasteiger partial charge in [-0.2, -0.15) is 0 Å². The van der Waals surface area contributed by atoms with E-state index in [1.54, 1.807) is 5.57 Å². The highest BCUT2D eigenvalue weighted by molar-refractivity contribution is 6.25. The highest BCUT2D eigenvalue weighted by Gasteiger charge is 2.46. The molecule has 10 aromatic carbocycles. The van der Waals surface area contributed by atoms with Gasteiger partial charge in [0.1, 0.15) is 0 Å². The van der Waals surface area contributed by atoms with Crippen molar-refractivity contribution in [1.82, 2.24) is 0 Å². The van der Waals surface area contributed by atoms with Crippen molar-refractivity contribution in [3.8, 4) is 22.3 Å². The third kappa shape index (κ3) is 6.74. The van der Waals surface area contributed by atoms with Crippen molar-refractivity contribution in [3.05, 3.63) is 257 Å². The molecule has 3 atom stereocenters. The predicted octanol–water partition coefficient (Wildman–Crippen LogP) is 18.4. The molecule has 2 aliphatic rings. The number of nitrogens with zero attached hydrogens (tertiary/aromatic N) is 1. The largest absolute Gasteiger partial charge is 0.310 e. The minimum absolute atomic E-state index is 0.354. The van der Waals surface area contributed by atoms with E-state index in [1.807, 2.05) is 0 Å². The SMILES string of the molecule is CCC1CC(C(C)c2ccccc2-c2ccc(N(c3ccc4c(c3)C(c3ccccc3)(c3ccccc3)c3ccccc3-4)c3ccc4c5ccccc5c5ccccc5c4c3)cc2C)=CC(C)C1. The minimum atomic E-state index is -0.516. The van der Waals surface area contributed by atoms with Gasteiger partial charge in [0.25, 0.3) is 0 Å². The van der Waals surface area contributed by atoms with Crippen molar-refractivity contribution < 1.29 is 0 Å². The molecule has 330 valence electrons. The summed E-state index contributed by atoms with van der Waals surface area (Å²) >= 11 is 0. The van der Waals surface area contributed by atoms with Gasteiger partial charge in [0.05, 0.1) is 5.41 Å². The summed E-state index contributed by atoms with van der Waals surface area (Å²) in [7, 11) is 0. The molecule has 0 amide bonds. The molecule has 0 N–H and O–H groups in total. The van der Waals surface area contributed by atoms with E-state index in [4.69, 9.17) is 0 Å². The van der Waals surface area contributed by atoms with Crippen molar-refractivity contribution in [2.24, 2.45) is 11.8 Å². The van der Waals surface area contributed by atoms with Crippen LogP contribution in [-0.4, -0.2) is 0 Å². The van der Waals surface area contributed by atoms with Crippen LogP contribution in [0.4, 0.5) is 17.1 Å². The molecule has 12 rings (SSSR count). The van der Waals surface area contributed by atoms with Crippen LogP contribution in [0.3, 0.4) is 0 Å². The molecule has 0 radical (unpaired) electrons. The Morgan fingerprint density at radius 2 is 0.985 bits per heavy atom. The van der Waals surface area contributed by atoms with Crippen molar-refractivity contribution in [2.45, 2.75) is 58.3 Å². The van der Waals surface area contributed by atoms with Crippen LogP contribution in [-0.2, 0) is 5.41 Å². The van der Waals surface area contributed by atoms with Gasteiger partial charge in [-0.15, -0.1) is 0 Å². The summed E-state index contributed by atoms with van der Waals surface area (Å²) in [6.45, 7) is 9.51. The zero-order valence-electron chi connectivity index (χ0n) is 39.6. The molecular formula is C67H57N. The van der Waals surface area contributed by atoms with Gasteiger partial charge in [-0.25, -0.2) is 0 Å². The number of allylic oxidation sites excluding steroid dienone is 2. The van der Waals surface area contributed by atoms with E-state index in [1.165, 1.54) is 107 Å². The predicted molar refractivity (Wildman–Crippen MR) is 290 cm³/mol. The van der Waals surface area contributed by atoms with E-state index in [0.717, 1.165) is 23.0 Å². The van der Waals surface area contributed by atoms with Crippen LogP contribution in [0.15, 0.2) is 224 Å². The summed E-state index contributed by atoms with van der Waals surface area (Å²) < 4.78 is 0. The highest BCUT2D eigenvalue weighted by atomic mass is 15.1. The van der Waals surface area contributed by atoms with Gasteiger partial charge < -0.3 is 4.90 Å². The van der Waals surface area contributed by atoms with Crippen molar-refractivity contribution in [3.63, 3.8) is 0 Å². The topological polar surface area (TPSA) is 3.24 Å². The molecule has 1 heteroatoms. The van der Waals surface area contributed by atoms with Crippen LogP contribution in [0.1, 0.15) is 79.3 Å². The second kappa shape index (κ2) is 17.0. The van der Waals surface area contributed by atoms with E-state index in [9.17, 15) is 0 Å². The Balaban J connectivity index is 1.08. The van der Waals surface area contributed by atoms with Gasteiger partial charge in [0.2, 0.25) is 0 Å². The standard InChI is InChI=1S/C67H57N/c1-5-47-38-44(2)39-48(41-47)46(4)55-24-12-13-25-56(55)54-35-32-51(40-45(54)3)68(52-33-36-61-59-28-15-14-26-57(59)58-27-16-17-29-60(58)64(61)42-52)53-34-37-63-62-30-18-19-31-65(62)67(66(63)43-53,49-20-8-6-9-21-49)50-22-10-7-11-23-50/h6-37,39-40,42-44,46-47H,5,38,41H2,1-4H3. The maximum atomic E-state index is 2.58. The van der Waals surface area contributed by atoms with Crippen LogP contribution < -0.4 is 4.90 Å². The first-order valence-corrected chi connectivity index (χ1v) is 24.8. The first-order valence-electron chi connectivity index (χ1n) is 24.8. The van der Waals surface area contributed by atoms with Crippen molar-refractivity contribution >= 4 is 49.4 Å². The van der Waals surface area contributed by atoms with E-state index in [-0.39, 0.29) is 0 Å². The number of rotatable bonds is 9. The molecule has 0 spiro atoms. The van der Waals surface area contributed by atoms with Crippen LogP contribution in [0.25, 0.3) is 54.6 Å². The lowest BCUT2D eigenvalue weighted by molar-refractivity contribution is 0.384. The molecule has 1 nitrogen and oxygen atoms in total. The van der Waals surface area contributed by atoms with Gasteiger partial charge in [-0.1, -0.05) is 215 Å². The Morgan fingerprint density at radius 3 is 1.63 bits per heavy atom. The number of hydrogen-bond acceptors (Lipinski definition) is 1. The fourth-order valence-electron chi connectivity index (χ4n) is 12.5. The summed E-state index contributed by atoms with van der Waals surface area (Å²) in [4.78, 5) is 2.51. The number of hydrogen-bond donors (Lipinski definition) is 0. The summed E-state index contributed by atoms with van der Waals surface area (Å²) in [5, 5.41) is 7.64. The Hall–Kier alpha value is -7.48. The number of fused-ring (bicyclic) bond motifs is 9. The van der Waals surface area contributed by atoms with Crippen LogP contribution in [0.2, 0.25) is 0 Å². The first-order chi connectivity index (χ1) is 33.4. The molecule has 3 unspecified atom stereocenters. The van der Waals surface area contributed by atoms with Gasteiger partial charge in [-0.05, 0) is 156 Å². The monoisotopic (exact) mass is 875 g/mol. The van der Waals surface area contributed by atoms with Gasteiger partial charge >= 0.3 is 0 Å². The molecular weight excluding hydrogens is 819 g/mol. The molecule has 0 aliphatic heterocycles. The zero-order valence-corrected chi connectivity index (χ0v) is 39.6. The van der Waals surface area contributed by atoms with Crippen molar-refractivity contribution in [1.29, 1.82) is 0 Å². The summed E-state index contributed by atoms with van der Waals surface area (Å²) in [5.74, 6) is 1.74. The molecule has 0 aromatic heterocycles. The molecule has 0 fully saturated rings. The summed E-state index contributed by atoms with van der Waals surface area (Å²) in [6, 6.07) is 79.9. The molecule has 0 saturated heterocycles. The summed E-state index contributed by atoms with van der Waals surface area (Å²) in [5.41, 5.74) is 17.5. The van der Waals surface area contributed by atoms with E-state index in [0.29, 0.717) is 11.8 Å². The van der Waals surface area contributed by atoms with Gasteiger partial charge in [-0.3, -0.25) is 0 Å². The first kappa shape index (κ1) is 41.9. The molecule has 10 aromatic rings. The molecule has 2 aliphatic carbocycles. The van der Waals surface area contributed by atoms with Gasteiger partial charge in [0, 0.05) is 23.0 Å². The molecule has 68 heavy (non-hydrogen) atoms. The molecule has 0 saturated carbocycles. The Morgan fingerprint density at radius 1 is 0.485 bits per heavy atom. The lowest BCUT2D eigenvalue weighted by Crippen LogP contribution is -2.28. The average molecular weight is 876 g/mol. The van der Waals surface area contributed by atoms with E-state index < -0.39 is 5.41 Å².